The third-order valence-corrected chi connectivity index (χ3v) is 4.91. The molecule has 25 heavy (non-hydrogen) atoms. The van der Waals surface area contributed by atoms with Crippen LogP contribution in [0, 0.1) is 0 Å². The van der Waals surface area contributed by atoms with E-state index in [1.165, 1.54) is 21.5 Å². The number of fused-ring (bicyclic) bond motifs is 5. The maximum atomic E-state index is 11.3. The molecule has 0 aromatic heterocycles. The zero-order valence-electron chi connectivity index (χ0n) is 13.4. The topological polar surface area (TPSA) is 37.3 Å². The van der Waals surface area contributed by atoms with E-state index in [-0.39, 0.29) is 0 Å². The molecule has 0 saturated carbocycles. The first-order valence-electron chi connectivity index (χ1n) is 8.21. The van der Waals surface area contributed by atoms with E-state index in [2.05, 4.69) is 54.6 Å². The van der Waals surface area contributed by atoms with Gasteiger partial charge in [0.25, 0.3) is 0 Å². The van der Waals surface area contributed by atoms with Crippen LogP contribution in [0.5, 0.6) is 0 Å². The summed E-state index contributed by atoms with van der Waals surface area (Å²) in [5, 5.41) is 18.3. The highest BCUT2D eigenvalue weighted by molar-refractivity contribution is 6.14. The Balaban J connectivity index is 1.92. The first-order chi connectivity index (χ1) is 12.2. The Bertz CT molecular complexity index is 1320. The van der Waals surface area contributed by atoms with Crippen molar-refractivity contribution in [3.8, 4) is 0 Å². The van der Waals surface area contributed by atoms with Crippen LogP contribution in [-0.2, 0) is 0 Å². The van der Waals surface area contributed by atoms with Gasteiger partial charge in [0, 0.05) is 0 Å². The minimum absolute atomic E-state index is 0.318. The number of carboxylic acids is 1. The second-order valence-electron chi connectivity index (χ2n) is 6.43. The lowest BCUT2D eigenvalue weighted by molar-refractivity contribution is 0.0697. The van der Waals surface area contributed by atoms with Gasteiger partial charge in [-0.3, -0.25) is 0 Å². The van der Waals surface area contributed by atoms with Crippen LogP contribution in [0.25, 0.3) is 43.1 Å². The van der Waals surface area contributed by atoms with E-state index in [4.69, 9.17) is 0 Å². The second-order valence-corrected chi connectivity index (χ2v) is 6.43. The molecule has 5 aromatic rings. The van der Waals surface area contributed by atoms with Crippen LogP contribution in [0.4, 0.5) is 0 Å². The highest BCUT2D eigenvalue weighted by atomic mass is 16.4. The average molecular weight is 322 g/mol. The highest BCUT2D eigenvalue weighted by Crippen LogP contribution is 2.32. The Morgan fingerprint density at radius 2 is 1.12 bits per heavy atom. The lowest BCUT2D eigenvalue weighted by Gasteiger charge is -2.08. The summed E-state index contributed by atoms with van der Waals surface area (Å²) < 4.78 is 0. The second kappa shape index (κ2) is 5.05. The fourth-order valence-corrected chi connectivity index (χ4v) is 3.63. The molecule has 0 aliphatic heterocycles. The molecule has 0 heterocycles. The molecule has 0 spiro atoms. The molecule has 0 amide bonds. The van der Waals surface area contributed by atoms with E-state index >= 15 is 0 Å². The number of hydrogen-bond acceptors (Lipinski definition) is 1. The quantitative estimate of drug-likeness (QED) is 0.304. The van der Waals surface area contributed by atoms with E-state index in [0.29, 0.717) is 5.56 Å². The molecule has 1 N–H and O–H groups in total. The van der Waals surface area contributed by atoms with Gasteiger partial charge < -0.3 is 5.11 Å². The maximum absolute atomic E-state index is 11.3. The fourth-order valence-electron chi connectivity index (χ4n) is 3.63. The largest absolute Gasteiger partial charge is 0.478 e. The summed E-state index contributed by atoms with van der Waals surface area (Å²) in [6.45, 7) is 0. The number of aromatic carboxylic acids is 1. The summed E-state index contributed by atoms with van der Waals surface area (Å²) in [4.78, 5) is 11.3. The Morgan fingerprint density at radius 3 is 1.84 bits per heavy atom. The zero-order chi connectivity index (χ0) is 17.0. The maximum Gasteiger partial charge on any atom is 0.335 e. The number of rotatable bonds is 1. The molecule has 5 rings (SSSR count). The minimum atomic E-state index is -0.898. The Hall–Kier alpha value is -3.39. The van der Waals surface area contributed by atoms with Crippen LogP contribution in [0.15, 0.2) is 78.9 Å². The van der Waals surface area contributed by atoms with E-state index < -0.39 is 5.97 Å². The standard InChI is InChI=1S/C23H14O2/c24-23(25)18-8-6-14-5-7-17-11-19-9-15-3-1-2-4-16(15)10-20(19)13-22(17)21(14)12-18/h1-13H,(H,24,25). The molecule has 0 bridgehead atoms. The molecule has 0 aliphatic rings. The smallest absolute Gasteiger partial charge is 0.335 e. The number of carbonyl (C=O) groups is 1. The molecule has 118 valence electrons. The molecule has 0 atom stereocenters. The predicted octanol–water partition coefficient (Wildman–Crippen LogP) is 6.00. The lowest BCUT2D eigenvalue weighted by Crippen LogP contribution is -1.95. The summed E-state index contributed by atoms with van der Waals surface area (Å²) in [6.07, 6.45) is 0. The number of hydrogen-bond donors (Lipinski definition) is 1. The molecule has 2 nitrogen and oxygen atoms in total. The van der Waals surface area contributed by atoms with Gasteiger partial charge in [-0.05, 0) is 79.5 Å². The summed E-state index contributed by atoms with van der Waals surface area (Å²) in [5.41, 5.74) is 0.318. The van der Waals surface area contributed by atoms with Crippen molar-refractivity contribution in [2.75, 3.05) is 0 Å². The van der Waals surface area contributed by atoms with Crippen molar-refractivity contribution in [1.29, 1.82) is 0 Å². The average Bonchev–Trinajstić information content (AvgIpc) is 2.64. The summed E-state index contributed by atoms with van der Waals surface area (Å²) >= 11 is 0. The lowest BCUT2D eigenvalue weighted by atomic mass is 9.95. The van der Waals surface area contributed by atoms with Gasteiger partial charge in [0.05, 0.1) is 5.56 Å². The number of benzene rings is 5. The van der Waals surface area contributed by atoms with Crippen LogP contribution in [-0.4, -0.2) is 11.1 Å². The molecule has 0 unspecified atom stereocenters. The van der Waals surface area contributed by atoms with Crippen molar-refractivity contribution < 1.29 is 9.90 Å². The van der Waals surface area contributed by atoms with Crippen molar-refractivity contribution in [3.63, 3.8) is 0 Å². The fraction of sp³-hybridized carbons (Fsp3) is 0. The van der Waals surface area contributed by atoms with E-state index in [1.807, 2.05) is 12.1 Å². The molecule has 0 saturated heterocycles. The van der Waals surface area contributed by atoms with Crippen LogP contribution in [0.2, 0.25) is 0 Å². The molecule has 0 aliphatic carbocycles. The van der Waals surface area contributed by atoms with Gasteiger partial charge in [0.1, 0.15) is 0 Å². The van der Waals surface area contributed by atoms with Crippen molar-refractivity contribution in [2.45, 2.75) is 0 Å². The van der Waals surface area contributed by atoms with Crippen molar-refractivity contribution in [3.05, 3.63) is 84.4 Å². The van der Waals surface area contributed by atoms with Gasteiger partial charge in [0.15, 0.2) is 0 Å². The third kappa shape index (κ3) is 2.15. The van der Waals surface area contributed by atoms with Crippen molar-refractivity contribution in [1.82, 2.24) is 0 Å². The Kier molecular flexibility index (Phi) is 2.83. The Labute approximate surface area is 143 Å². The summed E-state index contributed by atoms with van der Waals surface area (Å²) in [7, 11) is 0. The first kappa shape index (κ1) is 14.0. The summed E-state index contributed by atoms with van der Waals surface area (Å²) in [5.74, 6) is -0.898. The highest BCUT2D eigenvalue weighted by Gasteiger charge is 2.08. The number of carboxylic acid groups (broad SMARTS) is 1. The summed E-state index contributed by atoms with van der Waals surface area (Å²) in [6, 6.07) is 26.6. The van der Waals surface area contributed by atoms with Crippen molar-refractivity contribution >= 4 is 49.1 Å². The monoisotopic (exact) mass is 322 g/mol. The predicted molar refractivity (Wildman–Crippen MR) is 103 cm³/mol. The van der Waals surface area contributed by atoms with E-state index in [9.17, 15) is 9.90 Å². The van der Waals surface area contributed by atoms with Gasteiger partial charge in [-0.25, -0.2) is 4.79 Å². The van der Waals surface area contributed by atoms with Crippen molar-refractivity contribution in [2.24, 2.45) is 0 Å². The molecular weight excluding hydrogens is 308 g/mol. The van der Waals surface area contributed by atoms with Gasteiger partial charge in [-0.1, -0.05) is 42.5 Å². The Morgan fingerprint density at radius 1 is 0.560 bits per heavy atom. The zero-order valence-corrected chi connectivity index (χ0v) is 13.4. The normalized spacial score (nSPS) is 11.5. The van der Waals surface area contributed by atoms with Gasteiger partial charge >= 0.3 is 5.97 Å². The molecule has 5 aromatic carbocycles. The minimum Gasteiger partial charge on any atom is -0.478 e. The van der Waals surface area contributed by atoms with Gasteiger partial charge in [-0.2, -0.15) is 0 Å². The van der Waals surface area contributed by atoms with E-state index in [1.54, 1.807) is 12.1 Å². The molecule has 0 radical (unpaired) electrons. The van der Waals surface area contributed by atoms with Crippen LogP contribution < -0.4 is 0 Å². The van der Waals surface area contributed by atoms with Gasteiger partial charge in [-0.15, -0.1) is 0 Å². The molecule has 0 fully saturated rings. The van der Waals surface area contributed by atoms with Crippen LogP contribution in [0.3, 0.4) is 0 Å². The third-order valence-electron chi connectivity index (χ3n) is 4.91. The van der Waals surface area contributed by atoms with Gasteiger partial charge in [0.2, 0.25) is 0 Å². The first-order valence-corrected chi connectivity index (χ1v) is 8.21. The molecule has 2 heteroatoms. The SMILES string of the molecule is O=C(O)c1ccc2ccc3cc4cc5ccccc5cc4cc3c2c1. The van der Waals surface area contributed by atoms with Crippen LogP contribution >= 0.6 is 0 Å². The van der Waals surface area contributed by atoms with Crippen LogP contribution in [0.1, 0.15) is 10.4 Å². The molecular formula is C23H14O2. The van der Waals surface area contributed by atoms with E-state index in [0.717, 1.165) is 21.5 Å².